The fraction of sp³-hybridized carbons (Fsp3) is 0.833. The maximum absolute atomic E-state index is 2.51. The van der Waals surface area contributed by atoms with E-state index in [-0.39, 0.29) is 0 Å². The molecule has 0 aromatic carbocycles. The number of rotatable bonds is 0. The fourth-order valence-corrected chi connectivity index (χ4v) is 4.90. The summed E-state index contributed by atoms with van der Waals surface area (Å²) < 4.78 is 0. The predicted molar refractivity (Wildman–Crippen MR) is 48.5 cm³/mol. The Bertz CT molecular complexity index is 265. The third kappa shape index (κ3) is 0.448. The Hall–Kier alpha value is -0.260. The van der Waals surface area contributed by atoms with Gasteiger partial charge in [-0.2, -0.15) is 0 Å². The average Bonchev–Trinajstić information content (AvgIpc) is 2.31. The van der Waals surface area contributed by atoms with Crippen molar-refractivity contribution in [3.8, 4) is 0 Å². The Morgan fingerprint density at radius 3 is 2.50 bits per heavy atom. The van der Waals surface area contributed by atoms with Crippen LogP contribution in [0.2, 0.25) is 0 Å². The van der Waals surface area contributed by atoms with Crippen LogP contribution in [-0.4, -0.2) is 0 Å². The van der Waals surface area contributed by atoms with E-state index < -0.39 is 0 Å². The van der Waals surface area contributed by atoms with E-state index in [0.29, 0.717) is 0 Å². The molecule has 3 fully saturated rings. The van der Waals surface area contributed by atoms with Crippen LogP contribution in [0.3, 0.4) is 0 Å². The molecule has 0 heteroatoms. The van der Waals surface area contributed by atoms with E-state index in [0.717, 1.165) is 41.4 Å². The summed E-state index contributed by atoms with van der Waals surface area (Å²) in [5.74, 6) is 7.66. The van der Waals surface area contributed by atoms with Gasteiger partial charge in [-0.3, -0.25) is 0 Å². The van der Waals surface area contributed by atoms with Gasteiger partial charge >= 0.3 is 0 Å². The summed E-state index contributed by atoms with van der Waals surface area (Å²) in [6.45, 7) is 2.50. The third-order valence-electron chi connectivity index (χ3n) is 5.47. The van der Waals surface area contributed by atoms with E-state index in [4.69, 9.17) is 0 Å². The molecule has 0 amide bonds. The molecule has 4 aliphatic rings. The molecule has 4 rings (SSSR count). The highest BCUT2D eigenvalue weighted by Crippen LogP contribution is 2.69. The molecule has 64 valence electrons. The summed E-state index contributed by atoms with van der Waals surface area (Å²) in [5, 5.41) is 0. The van der Waals surface area contributed by atoms with Crippen LogP contribution in [0.1, 0.15) is 19.8 Å². The minimum Gasteiger partial charge on any atom is -0.0842 e. The van der Waals surface area contributed by atoms with Crippen molar-refractivity contribution in [3.05, 3.63) is 12.2 Å². The second-order valence-corrected chi connectivity index (χ2v) is 5.54. The molecule has 12 heavy (non-hydrogen) atoms. The minimum atomic E-state index is 1.03. The first-order valence-corrected chi connectivity index (χ1v) is 5.54. The largest absolute Gasteiger partial charge is 0.0842 e. The SMILES string of the molecule is CC1C2CC3CC2C1C1C=CC31. The molecule has 0 aliphatic heterocycles. The summed E-state index contributed by atoms with van der Waals surface area (Å²) in [4.78, 5) is 0. The quantitative estimate of drug-likeness (QED) is 0.478. The predicted octanol–water partition coefficient (Wildman–Crippen LogP) is 2.71. The summed E-state index contributed by atoms with van der Waals surface area (Å²) in [7, 11) is 0. The van der Waals surface area contributed by atoms with Crippen LogP contribution < -0.4 is 0 Å². The first-order valence-electron chi connectivity index (χ1n) is 5.54. The average molecular weight is 160 g/mol. The van der Waals surface area contributed by atoms with Gasteiger partial charge in [0.05, 0.1) is 0 Å². The van der Waals surface area contributed by atoms with Crippen LogP contribution in [0.15, 0.2) is 12.2 Å². The van der Waals surface area contributed by atoms with Crippen LogP contribution in [0.25, 0.3) is 0 Å². The molecule has 0 heterocycles. The Balaban J connectivity index is 1.83. The molecule has 4 aliphatic carbocycles. The number of fused-ring (bicyclic) bond motifs is 4. The molecule has 7 atom stereocenters. The molecule has 7 unspecified atom stereocenters. The van der Waals surface area contributed by atoms with Crippen molar-refractivity contribution < 1.29 is 0 Å². The van der Waals surface area contributed by atoms with Crippen LogP contribution in [-0.2, 0) is 0 Å². The lowest BCUT2D eigenvalue weighted by Crippen LogP contribution is -2.50. The van der Waals surface area contributed by atoms with Gasteiger partial charge in [0.1, 0.15) is 0 Å². The van der Waals surface area contributed by atoms with Crippen LogP contribution in [0.4, 0.5) is 0 Å². The van der Waals surface area contributed by atoms with Crippen LogP contribution >= 0.6 is 0 Å². The zero-order valence-electron chi connectivity index (χ0n) is 7.61. The highest BCUT2D eigenvalue weighted by molar-refractivity contribution is 5.23. The van der Waals surface area contributed by atoms with Gasteiger partial charge in [0.2, 0.25) is 0 Å². The van der Waals surface area contributed by atoms with Crippen molar-refractivity contribution in [1.82, 2.24) is 0 Å². The number of allylic oxidation sites excluding steroid dienone is 2. The Morgan fingerprint density at radius 2 is 1.75 bits per heavy atom. The van der Waals surface area contributed by atoms with E-state index in [9.17, 15) is 0 Å². The molecule has 0 N–H and O–H groups in total. The summed E-state index contributed by atoms with van der Waals surface area (Å²) in [6.07, 6.45) is 8.17. The molecule has 0 saturated heterocycles. The molecule has 0 radical (unpaired) electrons. The lowest BCUT2D eigenvalue weighted by molar-refractivity contribution is -0.0410. The van der Waals surface area contributed by atoms with Gasteiger partial charge in [-0.05, 0) is 54.3 Å². The standard InChI is InChI=1S/C12H16/c1-6-10-4-7-5-11(10)12(6)9-3-2-8(7)9/h2-3,6-12H,4-5H2,1H3. The number of hydrogen-bond donors (Lipinski definition) is 0. The summed E-state index contributed by atoms with van der Waals surface area (Å²) in [5.41, 5.74) is 0. The van der Waals surface area contributed by atoms with Gasteiger partial charge in [0.15, 0.2) is 0 Å². The van der Waals surface area contributed by atoms with Crippen molar-refractivity contribution >= 4 is 0 Å². The maximum atomic E-state index is 2.51. The molecule has 0 aromatic rings. The fourth-order valence-electron chi connectivity index (χ4n) is 4.90. The highest BCUT2D eigenvalue weighted by atomic mass is 14.7. The monoisotopic (exact) mass is 160 g/mol. The van der Waals surface area contributed by atoms with Crippen molar-refractivity contribution in [2.75, 3.05) is 0 Å². The van der Waals surface area contributed by atoms with Gasteiger partial charge in [-0.25, -0.2) is 0 Å². The second kappa shape index (κ2) is 1.66. The van der Waals surface area contributed by atoms with Crippen molar-refractivity contribution in [2.45, 2.75) is 19.8 Å². The van der Waals surface area contributed by atoms with E-state index in [1.165, 1.54) is 0 Å². The van der Waals surface area contributed by atoms with E-state index in [1.54, 1.807) is 12.8 Å². The van der Waals surface area contributed by atoms with E-state index in [1.807, 2.05) is 0 Å². The molecular weight excluding hydrogens is 144 g/mol. The van der Waals surface area contributed by atoms with E-state index >= 15 is 0 Å². The summed E-state index contributed by atoms with van der Waals surface area (Å²) in [6, 6.07) is 0. The van der Waals surface area contributed by atoms with Gasteiger partial charge in [-0.1, -0.05) is 19.1 Å². The van der Waals surface area contributed by atoms with Crippen LogP contribution in [0, 0.1) is 41.4 Å². The zero-order valence-corrected chi connectivity index (χ0v) is 7.61. The first kappa shape index (κ1) is 6.23. The van der Waals surface area contributed by atoms with Crippen molar-refractivity contribution in [1.29, 1.82) is 0 Å². The van der Waals surface area contributed by atoms with Gasteiger partial charge in [0, 0.05) is 0 Å². The van der Waals surface area contributed by atoms with Gasteiger partial charge < -0.3 is 0 Å². The highest BCUT2D eigenvalue weighted by Gasteiger charge is 2.62. The minimum absolute atomic E-state index is 1.03. The number of hydrogen-bond acceptors (Lipinski definition) is 0. The van der Waals surface area contributed by atoms with Gasteiger partial charge in [0.25, 0.3) is 0 Å². The normalized spacial score (nSPS) is 69.9. The van der Waals surface area contributed by atoms with Gasteiger partial charge in [-0.15, -0.1) is 0 Å². The molecular formula is C12H16. The van der Waals surface area contributed by atoms with Crippen molar-refractivity contribution in [3.63, 3.8) is 0 Å². The Morgan fingerprint density at radius 1 is 1.00 bits per heavy atom. The molecule has 3 saturated carbocycles. The molecule has 2 bridgehead atoms. The Labute approximate surface area is 74.0 Å². The zero-order chi connectivity index (χ0) is 7.87. The lowest BCUT2D eigenvalue weighted by atomic mass is 9.49. The molecule has 0 spiro atoms. The van der Waals surface area contributed by atoms with Crippen LogP contribution in [0.5, 0.6) is 0 Å². The lowest BCUT2D eigenvalue weighted by Gasteiger charge is -2.55. The molecule has 0 nitrogen and oxygen atoms in total. The summed E-state index contributed by atoms with van der Waals surface area (Å²) >= 11 is 0. The maximum Gasteiger partial charge on any atom is -0.0134 e. The second-order valence-electron chi connectivity index (χ2n) is 5.54. The topological polar surface area (TPSA) is 0 Å². The molecule has 0 aromatic heterocycles. The third-order valence-corrected chi connectivity index (χ3v) is 5.47. The smallest absolute Gasteiger partial charge is 0.0134 e. The first-order chi connectivity index (χ1) is 5.86. The van der Waals surface area contributed by atoms with Crippen molar-refractivity contribution in [2.24, 2.45) is 41.4 Å². The van der Waals surface area contributed by atoms with E-state index in [2.05, 4.69) is 19.1 Å². The Kier molecular flexibility index (Phi) is 0.865.